The van der Waals surface area contributed by atoms with Crippen molar-refractivity contribution in [2.75, 3.05) is 16.8 Å². The van der Waals surface area contributed by atoms with Gasteiger partial charge in [0.2, 0.25) is 0 Å². The maximum atomic E-state index is 4.66. The van der Waals surface area contributed by atoms with Crippen LogP contribution in [-0.4, -0.2) is 16.5 Å². The standard InChI is InChI=1S/C21H22N4/c1-3-16-8-10-18(11-9-16)24-20-14-21(23-15(2)22-20)25-13-12-17-6-4-5-7-19(17)25/h4-11,14H,3,12-13H2,1-2H3,(H,22,23,24). The molecule has 0 saturated heterocycles. The molecule has 1 aliphatic heterocycles. The number of aromatic nitrogens is 2. The zero-order chi connectivity index (χ0) is 17.2. The van der Waals surface area contributed by atoms with Crippen molar-refractivity contribution in [3.8, 4) is 0 Å². The first kappa shape index (κ1) is 15.6. The smallest absolute Gasteiger partial charge is 0.138 e. The molecule has 4 rings (SSSR count). The molecule has 0 saturated carbocycles. The molecule has 25 heavy (non-hydrogen) atoms. The number of rotatable bonds is 4. The van der Waals surface area contributed by atoms with Crippen LogP contribution in [0.3, 0.4) is 0 Å². The first-order valence-electron chi connectivity index (χ1n) is 8.80. The number of nitrogens with one attached hydrogen (secondary N) is 1. The van der Waals surface area contributed by atoms with E-state index in [0.717, 1.165) is 42.5 Å². The van der Waals surface area contributed by atoms with Gasteiger partial charge in [-0.3, -0.25) is 0 Å². The Bertz CT molecular complexity index is 887. The summed E-state index contributed by atoms with van der Waals surface area (Å²) in [7, 11) is 0. The molecule has 1 aromatic heterocycles. The number of anilines is 4. The van der Waals surface area contributed by atoms with Gasteiger partial charge in [0.25, 0.3) is 0 Å². The first-order valence-corrected chi connectivity index (χ1v) is 8.80. The second kappa shape index (κ2) is 6.55. The fourth-order valence-corrected chi connectivity index (χ4v) is 3.30. The minimum Gasteiger partial charge on any atom is -0.340 e. The van der Waals surface area contributed by atoms with E-state index in [1.54, 1.807) is 0 Å². The summed E-state index contributed by atoms with van der Waals surface area (Å²) in [6.07, 6.45) is 2.10. The van der Waals surface area contributed by atoms with Gasteiger partial charge >= 0.3 is 0 Å². The molecule has 3 aromatic rings. The van der Waals surface area contributed by atoms with E-state index in [4.69, 9.17) is 0 Å². The molecule has 0 fully saturated rings. The predicted octanol–water partition coefficient (Wildman–Crippen LogP) is 4.79. The molecule has 4 nitrogen and oxygen atoms in total. The number of fused-ring (bicyclic) bond motifs is 1. The summed E-state index contributed by atoms with van der Waals surface area (Å²) in [5.74, 6) is 2.55. The van der Waals surface area contributed by atoms with Crippen molar-refractivity contribution in [3.05, 3.63) is 71.5 Å². The van der Waals surface area contributed by atoms with E-state index in [2.05, 4.69) is 75.6 Å². The Labute approximate surface area is 148 Å². The third-order valence-corrected chi connectivity index (χ3v) is 4.62. The van der Waals surface area contributed by atoms with E-state index >= 15 is 0 Å². The molecule has 0 amide bonds. The van der Waals surface area contributed by atoms with Crippen molar-refractivity contribution in [1.82, 2.24) is 9.97 Å². The van der Waals surface area contributed by atoms with Gasteiger partial charge in [-0.15, -0.1) is 0 Å². The quantitative estimate of drug-likeness (QED) is 0.747. The Morgan fingerprint density at radius 3 is 2.64 bits per heavy atom. The lowest BCUT2D eigenvalue weighted by Crippen LogP contribution is -2.16. The lowest BCUT2D eigenvalue weighted by molar-refractivity contribution is 0.946. The minimum absolute atomic E-state index is 0.773. The maximum Gasteiger partial charge on any atom is 0.138 e. The summed E-state index contributed by atoms with van der Waals surface area (Å²) in [6, 6.07) is 19.1. The van der Waals surface area contributed by atoms with E-state index in [1.165, 1.54) is 16.8 Å². The number of benzene rings is 2. The van der Waals surface area contributed by atoms with Crippen molar-refractivity contribution in [2.24, 2.45) is 0 Å². The van der Waals surface area contributed by atoms with Gasteiger partial charge in [0.05, 0.1) is 0 Å². The van der Waals surface area contributed by atoms with Crippen LogP contribution in [0.2, 0.25) is 0 Å². The molecule has 0 atom stereocenters. The summed E-state index contributed by atoms with van der Waals surface area (Å²) >= 11 is 0. The summed E-state index contributed by atoms with van der Waals surface area (Å²) in [5.41, 5.74) is 5.00. The molecule has 0 spiro atoms. The number of para-hydroxylation sites is 1. The Kier molecular flexibility index (Phi) is 4.10. The molecule has 0 radical (unpaired) electrons. The van der Waals surface area contributed by atoms with E-state index in [1.807, 2.05) is 13.0 Å². The topological polar surface area (TPSA) is 41.0 Å². The normalized spacial score (nSPS) is 13.0. The van der Waals surface area contributed by atoms with Gasteiger partial charge in [-0.25, -0.2) is 9.97 Å². The molecular weight excluding hydrogens is 308 g/mol. The SMILES string of the molecule is CCc1ccc(Nc2cc(N3CCc4ccccc43)nc(C)n2)cc1. The highest BCUT2D eigenvalue weighted by Crippen LogP contribution is 2.34. The highest BCUT2D eigenvalue weighted by molar-refractivity contribution is 5.70. The molecule has 1 aliphatic rings. The molecule has 1 N–H and O–H groups in total. The fourth-order valence-electron chi connectivity index (χ4n) is 3.30. The van der Waals surface area contributed by atoms with E-state index in [0.29, 0.717) is 0 Å². The van der Waals surface area contributed by atoms with Crippen molar-refractivity contribution in [3.63, 3.8) is 0 Å². The number of hydrogen-bond acceptors (Lipinski definition) is 4. The highest BCUT2D eigenvalue weighted by Gasteiger charge is 2.21. The average molecular weight is 330 g/mol. The van der Waals surface area contributed by atoms with Crippen molar-refractivity contribution >= 4 is 23.0 Å². The van der Waals surface area contributed by atoms with Gasteiger partial charge in [-0.2, -0.15) is 0 Å². The third kappa shape index (κ3) is 3.20. The molecular formula is C21H22N4. The lowest BCUT2D eigenvalue weighted by atomic mass is 10.1. The van der Waals surface area contributed by atoms with Crippen LogP contribution < -0.4 is 10.2 Å². The molecule has 0 aliphatic carbocycles. The van der Waals surface area contributed by atoms with Crippen LogP contribution in [0.5, 0.6) is 0 Å². The molecule has 2 heterocycles. The highest BCUT2D eigenvalue weighted by atomic mass is 15.2. The number of aryl methyl sites for hydroxylation is 2. The zero-order valence-electron chi connectivity index (χ0n) is 14.7. The Balaban J connectivity index is 1.63. The molecule has 126 valence electrons. The lowest BCUT2D eigenvalue weighted by Gasteiger charge is -2.19. The van der Waals surface area contributed by atoms with Gasteiger partial charge in [0.15, 0.2) is 0 Å². The summed E-state index contributed by atoms with van der Waals surface area (Å²) in [6.45, 7) is 5.06. The fraction of sp³-hybridized carbons (Fsp3) is 0.238. The largest absolute Gasteiger partial charge is 0.340 e. The van der Waals surface area contributed by atoms with Crippen LogP contribution in [0.25, 0.3) is 0 Å². The Morgan fingerprint density at radius 2 is 1.84 bits per heavy atom. The van der Waals surface area contributed by atoms with Crippen molar-refractivity contribution in [2.45, 2.75) is 26.7 Å². The van der Waals surface area contributed by atoms with Crippen LogP contribution >= 0.6 is 0 Å². The van der Waals surface area contributed by atoms with Crippen LogP contribution in [0, 0.1) is 6.92 Å². The van der Waals surface area contributed by atoms with Crippen LogP contribution in [0.4, 0.5) is 23.0 Å². The first-order chi connectivity index (χ1) is 12.2. The van der Waals surface area contributed by atoms with Crippen molar-refractivity contribution in [1.29, 1.82) is 0 Å². The molecule has 4 heteroatoms. The van der Waals surface area contributed by atoms with Gasteiger partial charge in [0.1, 0.15) is 17.5 Å². The second-order valence-corrected chi connectivity index (χ2v) is 6.36. The molecule has 0 unspecified atom stereocenters. The number of nitrogens with zero attached hydrogens (tertiary/aromatic N) is 3. The molecule has 2 aromatic carbocycles. The summed E-state index contributed by atoms with van der Waals surface area (Å²) < 4.78 is 0. The van der Waals surface area contributed by atoms with Crippen LogP contribution in [0.15, 0.2) is 54.6 Å². The molecule has 0 bridgehead atoms. The van der Waals surface area contributed by atoms with E-state index in [9.17, 15) is 0 Å². The van der Waals surface area contributed by atoms with Crippen LogP contribution in [0.1, 0.15) is 23.9 Å². The predicted molar refractivity (Wildman–Crippen MR) is 103 cm³/mol. The third-order valence-electron chi connectivity index (χ3n) is 4.62. The summed E-state index contributed by atoms with van der Waals surface area (Å²) in [5, 5.41) is 3.41. The average Bonchev–Trinajstić information content (AvgIpc) is 3.06. The van der Waals surface area contributed by atoms with E-state index < -0.39 is 0 Å². The van der Waals surface area contributed by atoms with Gasteiger partial charge in [-0.1, -0.05) is 37.3 Å². The zero-order valence-corrected chi connectivity index (χ0v) is 14.7. The Hall–Kier alpha value is -2.88. The van der Waals surface area contributed by atoms with Crippen LogP contribution in [-0.2, 0) is 12.8 Å². The minimum atomic E-state index is 0.773. The van der Waals surface area contributed by atoms with E-state index in [-0.39, 0.29) is 0 Å². The second-order valence-electron chi connectivity index (χ2n) is 6.36. The Morgan fingerprint density at radius 1 is 1.04 bits per heavy atom. The van der Waals surface area contributed by atoms with Gasteiger partial charge in [0, 0.05) is 24.0 Å². The van der Waals surface area contributed by atoms with Gasteiger partial charge < -0.3 is 10.2 Å². The van der Waals surface area contributed by atoms with Crippen molar-refractivity contribution < 1.29 is 0 Å². The van der Waals surface area contributed by atoms with Gasteiger partial charge in [-0.05, 0) is 49.1 Å². The monoisotopic (exact) mass is 330 g/mol. The number of hydrogen-bond donors (Lipinski definition) is 1. The summed E-state index contributed by atoms with van der Waals surface area (Å²) in [4.78, 5) is 11.5. The maximum absolute atomic E-state index is 4.66.